The van der Waals surface area contributed by atoms with Gasteiger partial charge in [-0.1, -0.05) is 24.3 Å². The van der Waals surface area contributed by atoms with Crippen LogP contribution in [0.4, 0.5) is 0 Å². The number of aromatic hydroxyl groups is 2. The fourth-order valence-electron chi connectivity index (χ4n) is 3.79. The van der Waals surface area contributed by atoms with Crippen LogP contribution in [0.25, 0.3) is 0 Å². The van der Waals surface area contributed by atoms with Crippen LogP contribution in [0, 0.1) is 0 Å². The van der Waals surface area contributed by atoms with E-state index in [-0.39, 0.29) is 37.2 Å². The summed E-state index contributed by atoms with van der Waals surface area (Å²) in [5.74, 6) is 0.856. The van der Waals surface area contributed by atoms with E-state index in [2.05, 4.69) is 5.32 Å². The minimum Gasteiger partial charge on any atom is -0.508 e. The summed E-state index contributed by atoms with van der Waals surface area (Å²) in [5, 5.41) is 33.3. The maximum Gasteiger partial charge on any atom is 0.231 e. The first kappa shape index (κ1) is 22.3. The Labute approximate surface area is 191 Å². The van der Waals surface area contributed by atoms with E-state index in [9.17, 15) is 20.1 Å². The number of aliphatic hydroxyl groups is 1. The van der Waals surface area contributed by atoms with Crippen LogP contribution in [0.1, 0.15) is 35.1 Å². The molecule has 1 aliphatic heterocycles. The Balaban J connectivity index is 1.54. The van der Waals surface area contributed by atoms with Crippen molar-refractivity contribution in [2.45, 2.75) is 18.4 Å². The largest absolute Gasteiger partial charge is 0.508 e. The normalized spacial score (nSPS) is 13.9. The monoisotopic (exact) mass is 451 g/mol. The van der Waals surface area contributed by atoms with E-state index in [1.54, 1.807) is 37.4 Å². The molecule has 0 radical (unpaired) electrons. The highest BCUT2D eigenvalue weighted by Gasteiger charge is 2.26. The molecule has 1 amide bonds. The van der Waals surface area contributed by atoms with Gasteiger partial charge in [0.2, 0.25) is 12.7 Å². The number of hydrogen-bond donors (Lipinski definition) is 4. The van der Waals surface area contributed by atoms with Crippen molar-refractivity contribution in [2.24, 2.45) is 0 Å². The van der Waals surface area contributed by atoms with Crippen molar-refractivity contribution >= 4 is 5.91 Å². The summed E-state index contributed by atoms with van der Waals surface area (Å²) in [6, 6.07) is 16.7. The van der Waals surface area contributed by atoms with Gasteiger partial charge in [-0.2, -0.15) is 0 Å². The lowest BCUT2D eigenvalue weighted by Crippen LogP contribution is -2.29. The lowest BCUT2D eigenvalue weighted by molar-refractivity contribution is -0.121. The van der Waals surface area contributed by atoms with Crippen LogP contribution in [0.3, 0.4) is 0 Å². The Morgan fingerprint density at radius 1 is 1.03 bits per heavy atom. The second-order valence-electron chi connectivity index (χ2n) is 7.71. The number of amides is 1. The third kappa shape index (κ3) is 5.12. The minimum absolute atomic E-state index is 0.00679. The maximum absolute atomic E-state index is 12.8. The molecular weight excluding hydrogens is 426 g/mol. The standard InChI is InChI=1S/C25H25NO7/c1-31-18-7-5-15(6-8-18)19(20-10-23-24(12-21(20)28)33-14-32-23)11-25(30)26-13-22(29)16-3-2-4-17(27)9-16/h2-10,12,19,22,27-29H,11,13-14H2,1H3,(H,26,30). The predicted molar refractivity (Wildman–Crippen MR) is 120 cm³/mol. The highest BCUT2D eigenvalue weighted by Crippen LogP contribution is 2.43. The topological polar surface area (TPSA) is 117 Å². The molecule has 8 nitrogen and oxygen atoms in total. The molecule has 1 heterocycles. The molecule has 4 N–H and O–H groups in total. The number of benzene rings is 3. The van der Waals surface area contributed by atoms with Crippen molar-refractivity contribution in [3.8, 4) is 28.7 Å². The van der Waals surface area contributed by atoms with Gasteiger partial charge in [0.25, 0.3) is 0 Å². The smallest absolute Gasteiger partial charge is 0.231 e. The van der Waals surface area contributed by atoms with Crippen molar-refractivity contribution in [3.05, 3.63) is 77.4 Å². The van der Waals surface area contributed by atoms with Gasteiger partial charge in [0.15, 0.2) is 11.5 Å². The SMILES string of the molecule is COc1ccc(C(CC(=O)NCC(O)c2cccc(O)c2)c2cc3c(cc2O)OCO3)cc1. The number of phenolic OH excluding ortho intramolecular Hbond substituents is 2. The van der Waals surface area contributed by atoms with Crippen molar-refractivity contribution in [3.63, 3.8) is 0 Å². The zero-order valence-corrected chi connectivity index (χ0v) is 18.0. The molecule has 3 aromatic rings. The lowest BCUT2D eigenvalue weighted by Gasteiger charge is -2.20. The zero-order chi connectivity index (χ0) is 23.4. The van der Waals surface area contributed by atoms with E-state index in [1.165, 1.54) is 18.2 Å². The van der Waals surface area contributed by atoms with Crippen LogP contribution in [-0.2, 0) is 4.79 Å². The average molecular weight is 451 g/mol. The molecule has 3 aromatic carbocycles. The number of carbonyl (C=O) groups excluding carboxylic acids is 1. The van der Waals surface area contributed by atoms with Crippen LogP contribution < -0.4 is 19.5 Å². The van der Waals surface area contributed by atoms with E-state index in [0.717, 1.165) is 5.56 Å². The first-order valence-corrected chi connectivity index (χ1v) is 10.4. The molecule has 0 aliphatic carbocycles. The zero-order valence-electron chi connectivity index (χ0n) is 18.0. The van der Waals surface area contributed by atoms with Gasteiger partial charge in [0.1, 0.15) is 17.2 Å². The summed E-state index contributed by atoms with van der Waals surface area (Å²) in [6.07, 6.45) is -0.953. The highest BCUT2D eigenvalue weighted by atomic mass is 16.7. The molecule has 33 heavy (non-hydrogen) atoms. The Kier molecular flexibility index (Phi) is 6.55. The Morgan fingerprint density at radius 2 is 1.76 bits per heavy atom. The van der Waals surface area contributed by atoms with Crippen LogP contribution >= 0.6 is 0 Å². The minimum atomic E-state index is -0.973. The molecule has 2 atom stereocenters. The van der Waals surface area contributed by atoms with Crippen LogP contribution in [-0.4, -0.2) is 41.7 Å². The average Bonchev–Trinajstić information content (AvgIpc) is 3.28. The highest BCUT2D eigenvalue weighted by molar-refractivity contribution is 5.78. The lowest BCUT2D eigenvalue weighted by atomic mass is 9.87. The number of nitrogens with one attached hydrogen (secondary N) is 1. The van der Waals surface area contributed by atoms with Crippen LogP contribution in [0.2, 0.25) is 0 Å². The summed E-state index contributed by atoms with van der Waals surface area (Å²) in [7, 11) is 1.57. The quantitative estimate of drug-likeness (QED) is 0.415. The molecule has 0 spiro atoms. The van der Waals surface area contributed by atoms with Gasteiger partial charge in [-0.25, -0.2) is 0 Å². The van der Waals surface area contributed by atoms with Crippen LogP contribution in [0.5, 0.6) is 28.7 Å². The predicted octanol–water partition coefficient (Wildman–Crippen LogP) is 3.21. The first-order chi connectivity index (χ1) is 15.9. The fraction of sp³-hybridized carbons (Fsp3) is 0.240. The van der Waals surface area contributed by atoms with Gasteiger partial charge < -0.3 is 34.8 Å². The molecule has 0 aromatic heterocycles. The van der Waals surface area contributed by atoms with Gasteiger partial charge >= 0.3 is 0 Å². The van der Waals surface area contributed by atoms with Crippen molar-refractivity contribution in [1.29, 1.82) is 0 Å². The Bertz CT molecular complexity index is 1130. The molecule has 4 rings (SSSR count). The van der Waals surface area contributed by atoms with E-state index >= 15 is 0 Å². The van der Waals surface area contributed by atoms with Crippen molar-refractivity contribution < 1.29 is 34.3 Å². The van der Waals surface area contributed by atoms with Gasteiger partial charge in [0, 0.05) is 30.5 Å². The van der Waals surface area contributed by atoms with Gasteiger partial charge in [-0.3, -0.25) is 4.79 Å². The second-order valence-corrected chi connectivity index (χ2v) is 7.71. The molecule has 0 fully saturated rings. The number of hydrogen-bond acceptors (Lipinski definition) is 7. The summed E-state index contributed by atoms with van der Waals surface area (Å²) < 4.78 is 16.0. The Morgan fingerprint density at radius 3 is 2.45 bits per heavy atom. The van der Waals surface area contributed by atoms with Crippen molar-refractivity contribution in [2.75, 3.05) is 20.4 Å². The van der Waals surface area contributed by atoms with Crippen LogP contribution in [0.15, 0.2) is 60.7 Å². The summed E-state index contributed by atoms with van der Waals surface area (Å²) in [4.78, 5) is 12.8. The van der Waals surface area contributed by atoms with Gasteiger partial charge in [-0.15, -0.1) is 0 Å². The molecule has 8 heteroatoms. The number of phenols is 2. The Hall–Kier alpha value is -3.91. The first-order valence-electron chi connectivity index (χ1n) is 10.4. The van der Waals surface area contributed by atoms with E-state index in [0.29, 0.717) is 28.4 Å². The number of methoxy groups -OCH3 is 1. The molecule has 172 valence electrons. The molecule has 1 aliphatic rings. The van der Waals surface area contributed by atoms with E-state index < -0.39 is 12.0 Å². The van der Waals surface area contributed by atoms with Gasteiger partial charge in [0.05, 0.1) is 13.2 Å². The number of ether oxygens (including phenoxy) is 3. The fourth-order valence-corrected chi connectivity index (χ4v) is 3.79. The molecule has 0 bridgehead atoms. The number of aliphatic hydroxyl groups excluding tert-OH is 1. The summed E-state index contributed by atoms with van der Waals surface area (Å²) in [5.41, 5.74) is 1.82. The molecule has 2 unspecified atom stereocenters. The third-order valence-corrected chi connectivity index (χ3v) is 5.55. The third-order valence-electron chi connectivity index (χ3n) is 5.55. The van der Waals surface area contributed by atoms with E-state index in [1.807, 2.05) is 12.1 Å². The maximum atomic E-state index is 12.8. The summed E-state index contributed by atoms with van der Waals surface area (Å²) >= 11 is 0. The second kappa shape index (κ2) is 9.70. The molecular formula is C25H25NO7. The summed E-state index contributed by atoms with van der Waals surface area (Å²) in [6.45, 7) is 0.0452. The van der Waals surface area contributed by atoms with Gasteiger partial charge in [-0.05, 0) is 41.5 Å². The van der Waals surface area contributed by atoms with E-state index in [4.69, 9.17) is 14.2 Å². The number of rotatable bonds is 8. The molecule has 0 saturated heterocycles. The van der Waals surface area contributed by atoms with Crippen molar-refractivity contribution in [1.82, 2.24) is 5.32 Å². The number of fused-ring (bicyclic) bond motifs is 1. The molecule has 0 saturated carbocycles. The number of carbonyl (C=O) groups is 1.